The van der Waals surface area contributed by atoms with E-state index in [0.29, 0.717) is 11.3 Å². The average Bonchev–Trinajstić information content (AvgIpc) is 2.03. The van der Waals surface area contributed by atoms with E-state index in [-0.39, 0.29) is 11.6 Å². The SMILES string of the molecule is CC(=O)c1ccc(N(C)C)c(F)c1. The predicted octanol–water partition coefficient (Wildman–Crippen LogP) is 2.09. The zero-order valence-corrected chi connectivity index (χ0v) is 7.97. The lowest BCUT2D eigenvalue weighted by Crippen LogP contribution is -2.11. The molecule has 0 fully saturated rings. The number of Topliss-reactive ketones (excluding diaryl/α,β-unsaturated/α-hetero) is 1. The molecular formula is C10H12FNO. The van der Waals surface area contributed by atoms with Gasteiger partial charge in [-0.15, -0.1) is 0 Å². The van der Waals surface area contributed by atoms with Crippen LogP contribution in [0.5, 0.6) is 0 Å². The normalized spacial score (nSPS) is 9.85. The van der Waals surface area contributed by atoms with Crippen LogP contribution in [0.1, 0.15) is 17.3 Å². The molecule has 0 radical (unpaired) electrons. The standard InChI is InChI=1S/C10H12FNO/c1-7(13)8-4-5-10(12(2)3)9(11)6-8/h4-6H,1-3H3. The number of halogens is 1. The van der Waals surface area contributed by atoms with Crippen LogP contribution in [-0.2, 0) is 0 Å². The quantitative estimate of drug-likeness (QED) is 0.651. The third-order valence-corrected chi connectivity index (χ3v) is 1.84. The van der Waals surface area contributed by atoms with Crippen LogP contribution in [0.15, 0.2) is 18.2 Å². The van der Waals surface area contributed by atoms with Gasteiger partial charge in [0.1, 0.15) is 5.82 Å². The van der Waals surface area contributed by atoms with Crippen LogP contribution in [-0.4, -0.2) is 19.9 Å². The maximum Gasteiger partial charge on any atom is 0.159 e. The molecule has 1 aromatic carbocycles. The van der Waals surface area contributed by atoms with Crippen LogP contribution in [0.3, 0.4) is 0 Å². The summed E-state index contributed by atoms with van der Waals surface area (Å²) in [6, 6.07) is 4.49. The summed E-state index contributed by atoms with van der Waals surface area (Å²) in [6.07, 6.45) is 0. The third-order valence-electron chi connectivity index (χ3n) is 1.84. The van der Waals surface area contributed by atoms with Crippen molar-refractivity contribution in [2.24, 2.45) is 0 Å². The Balaban J connectivity index is 3.13. The number of benzene rings is 1. The van der Waals surface area contributed by atoms with Gasteiger partial charge in [-0.25, -0.2) is 4.39 Å². The smallest absolute Gasteiger partial charge is 0.159 e. The van der Waals surface area contributed by atoms with Crippen LogP contribution in [0, 0.1) is 5.82 Å². The summed E-state index contributed by atoms with van der Waals surface area (Å²) in [5.74, 6) is -0.484. The molecule has 0 aliphatic heterocycles. The van der Waals surface area contributed by atoms with E-state index >= 15 is 0 Å². The van der Waals surface area contributed by atoms with Crippen molar-refractivity contribution in [2.45, 2.75) is 6.92 Å². The van der Waals surface area contributed by atoms with Crippen molar-refractivity contribution < 1.29 is 9.18 Å². The first-order valence-corrected chi connectivity index (χ1v) is 4.00. The molecule has 70 valence electrons. The molecular weight excluding hydrogens is 169 g/mol. The molecule has 2 nitrogen and oxygen atoms in total. The highest BCUT2D eigenvalue weighted by Gasteiger charge is 2.06. The molecule has 0 aliphatic rings. The molecule has 0 aromatic heterocycles. The molecule has 0 aliphatic carbocycles. The summed E-state index contributed by atoms with van der Waals surface area (Å²) in [5, 5.41) is 0. The Morgan fingerprint density at radius 1 is 1.38 bits per heavy atom. The molecule has 0 unspecified atom stereocenters. The minimum Gasteiger partial charge on any atom is -0.375 e. The average molecular weight is 181 g/mol. The minimum absolute atomic E-state index is 0.121. The van der Waals surface area contributed by atoms with Gasteiger partial charge in [-0.3, -0.25) is 4.79 Å². The van der Waals surface area contributed by atoms with Gasteiger partial charge in [0, 0.05) is 19.7 Å². The van der Waals surface area contributed by atoms with E-state index in [4.69, 9.17) is 0 Å². The Morgan fingerprint density at radius 2 is 2.00 bits per heavy atom. The van der Waals surface area contributed by atoms with Gasteiger partial charge in [0.05, 0.1) is 5.69 Å². The lowest BCUT2D eigenvalue weighted by atomic mass is 10.1. The Hall–Kier alpha value is -1.38. The molecule has 0 saturated heterocycles. The van der Waals surface area contributed by atoms with Gasteiger partial charge in [-0.2, -0.15) is 0 Å². The Bertz CT molecular complexity index is 334. The lowest BCUT2D eigenvalue weighted by molar-refractivity contribution is 0.101. The van der Waals surface area contributed by atoms with E-state index < -0.39 is 0 Å². The fraction of sp³-hybridized carbons (Fsp3) is 0.300. The summed E-state index contributed by atoms with van der Waals surface area (Å²) in [4.78, 5) is 12.6. The van der Waals surface area contributed by atoms with Gasteiger partial charge < -0.3 is 4.90 Å². The Morgan fingerprint density at radius 3 is 2.38 bits per heavy atom. The van der Waals surface area contributed by atoms with Crippen LogP contribution >= 0.6 is 0 Å². The second kappa shape index (κ2) is 3.56. The first-order valence-electron chi connectivity index (χ1n) is 4.00. The molecule has 0 saturated carbocycles. The van der Waals surface area contributed by atoms with Crippen molar-refractivity contribution in [1.82, 2.24) is 0 Å². The number of hydrogen-bond acceptors (Lipinski definition) is 2. The van der Waals surface area contributed by atoms with Crippen molar-refractivity contribution in [3.05, 3.63) is 29.6 Å². The molecule has 0 N–H and O–H groups in total. The number of nitrogens with zero attached hydrogens (tertiary/aromatic N) is 1. The Kier molecular flexibility index (Phi) is 2.66. The maximum atomic E-state index is 13.3. The highest BCUT2D eigenvalue weighted by molar-refractivity contribution is 5.94. The van der Waals surface area contributed by atoms with Crippen molar-refractivity contribution in [1.29, 1.82) is 0 Å². The fourth-order valence-corrected chi connectivity index (χ4v) is 1.09. The summed E-state index contributed by atoms with van der Waals surface area (Å²) in [5.41, 5.74) is 0.896. The maximum absolute atomic E-state index is 13.3. The Labute approximate surface area is 77.0 Å². The van der Waals surface area contributed by atoms with Crippen molar-refractivity contribution in [2.75, 3.05) is 19.0 Å². The molecule has 3 heteroatoms. The molecule has 0 amide bonds. The number of rotatable bonds is 2. The molecule has 0 spiro atoms. The van der Waals surface area contributed by atoms with Crippen LogP contribution in [0.4, 0.5) is 10.1 Å². The van der Waals surface area contributed by atoms with Crippen LogP contribution < -0.4 is 4.90 Å². The molecule has 1 rings (SSSR count). The number of carbonyl (C=O) groups excluding carboxylic acids is 1. The molecule has 0 heterocycles. The summed E-state index contributed by atoms with van der Waals surface area (Å²) < 4.78 is 13.3. The number of ketones is 1. The van der Waals surface area contributed by atoms with Crippen molar-refractivity contribution in [3.63, 3.8) is 0 Å². The summed E-state index contributed by atoms with van der Waals surface area (Å²) in [7, 11) is 3.51. The second-order valence-electron chi connectivity index (χ2n) is 3.12. The van der Waals surface area contributed by atoms with Gasteiger partial charge in [0.15, 0.2) is 5.78 Å². The van der Waals surface area contributed by atoms with Crippen molar-refractivity contribution in [3.8, 4) is 0 Å². The van der Waals surface area contributed by atoms with Gasteiger partial charge in [-0.1, -0.05) is 0 Å². The van der Waals surface area contributed by atoms with Gasteiger partial charge >= 0.3 is 0 Å². The fourth-order valence-electron chi connectivity index (χ4n) is 1.09. The second-order valence-corrected chi connectivity index (χ2v) is 3.12. The number of anilines is 1. The number of hydrogen-bond donors (Lipinski definition) is 0. The lowest BCUT2D eigenvalue weighted by Gasteiger charge is -2.13. The monoisotopic (exact) mass is 181 g/mol. The van der Waals surface area contributed by atoms with E-state index in [9.17, 15) is 9.18 Å². The molecule has 1 aromatic rings. The first kappa shape index (κ1) is 9.71. The van der Waals surface area contributed by atoms with Gasteiger partial charge in [0.25, 0.3) is 0 Å². The molecule has 13 heavy (non-hydrogen) atoms. The van der Waals surface area contributed by atoms with Crippen molar-refractivity contribution >= 4 is 11.5 Å². The van der Waals surface area contributed by atoms with Crippen LogP contribution in [0.25, 0.3) is 0 Å². The zero-order valence-electron chi connectivity index (χ0n) is 7.97. The minimum atomic E-state index is -0.363. The molecule has 0 bridgehead atoms. The largest absolute Gasteiger partial charge is 0.375 e. The van der Waals surface area contributed by atoms with E-state index in [2.05, 4.69) is 0 Å². The summed E-state index contributed by atoms with van der Waals surface area (Å²) in [6.45, 7) is 1.42. The zero-order chi connectivity index (χ0) is 10.0. The van der Waals surface area contributed by atoms with Crippen LogP contribution in [0.2, 0.25) is 0 Å². The highest BCUT2D eigenvalue weighted by atomic mass is 19.1. The topological polar surface area (TPSA) is 20.3 Å². The predicted molar refractivity (Wildman–Crippen MR) is 50.7 cm³/mol. The van der Waals surface area contributed by atoms with Gasteiger partial charge in [0.2, 0.25) is 0 Å². The van der Waals surface area contributed by atoms with E-state index in [0.717, 1.165) is 0 Å². The van der Waals surface area contributed by atoms with E-state index in [1.54, 1.807) is 31.1 Å². The third kappa shape index (κ3) is 2.05. The van der Waals surface area contributed by atoms with Gasteiger partial charge in [-0.05, 0) is 25.1 Å². The summed E-state index contributed by atoms with van der Waals surface area (Å²) >= 11 is 0. The number of carbonyl (C=O) groups is 1. The molecule has 0 atom stereocenters. The highest BCUT2D eigenvalue weighted by Crippen LogP contribution is 2.18. The van der Waals surface area contributed by atoms with E-state index in [1.807, 2.05) is 0 Å². The first-order chi connectivity index (χ1) is 6.02. The van der Waals surface area contributed by atoms with E-state index in [1.165, 1.54) is 13.0 Å².